The summed E-state index contributed by atoms with van der Waals surface area (Å²) >= 11 is 0. The van der Waals surface area contributed by atoms with Crippen molar-refractivity contribution >= 4 is 17.6 Å². The van der Waals surface area contributed by atoms with Gasteiger partial charge in [-0.1, -0.05) is 25.1 Å². The maximum Gasteiger partial charge on any atom is 0.262 e. The van der Waals surface area contributed by atoms with Crippen LogP contribution in [0.15, 0.2) is 23.2 Å². The smallest absolute Gasteiger partial charge is 0.262 e. The number of alkyl halides is 2. The summed E-state index contributed by atoms with van der Waals surface area (Å²) in [7, 11) is 0. The van der Waals surface area contributed by atoms with Crippen molar-refractivity contribution < 1.29 is 18.7 Å². The van der Waals surface area contributed by atoms with E-state index in [1.54, 1.807) is 12.1 Å². The van der Waals surface area contributed by atoms with E-state index < -0.39 is 23.0 Å². The highest BCUT2D eigenvalue weighted by Crippen LogP contribution is 2.63. The van der Waals surface area contributed by atoms with Gasteiger partial charge in [-0.3, -0.25) is 9.69 Å². The molecule has 5 rings (SSSR count). The van der Waals surface area contributed by atoms with Gasteiger partial charge in [-0.25, -0.2) is 18.6 Å². The summed E-state index contributed by atoms with van der Waals surface area (Å²) < 4.78 is 26.8. The average Bonchev–Trinajstić information content (AvgIpc) is 3.10. The molecule has 164 valence electrons. The number of nitrogens with zero attached hydrogens (tertiary/aromatic N) is 3. The van der Waals surface area contributed by atoms with Crippen LogP contribution in [-0.2, 0) is 16.8 Å². The number of aliphatic hydroxyl groups is 1. The number of hydrogen-bond acceptors (Lipinski definition) is 4. The summed E-state index contributed by atoms with van der Waals surface area (Å²) in [6.45, 7) is 9.53. The molecule has 0 unspecified atom stereocenters. The van der Waals surface area contributed by atoms with E-state index in [9.17, 15) is 18.7 Å². The first kappa shape index (κ1) is 20.4. The van der Waals surface area contributed by atoms with Crippen molar-refractivity contribution in [2.75, 3.05) is 6.54 Å². The molecule has 2 fully saturated rings. The fourth-order valence-electron chi connectivity index (χ4n) is 6.40. The predicted octanol–water partition coefficient (Wildman–Crippen LogP) is 3.36. The van der Waals surface area contributed by atoms with Crippen molar-refractivity contribution in [3.8, 4) is 0 Å². The second-order valence-electron chi connectivity index (χ2n) is 9.92. The third-order valence-electron chi connectivity index (χ3n) is 7.93. The quantitative estimate of drug-likeness (QED) is 0.709. The van der Waals surface area contributed by atoms with E-state index in [1.807, 2.05) is 13.0 Å². The van der Waals surface area contributed by atoms with Gasteiger partial charge < -0.3 is 10.8 Å². The number of benzene rings is 1. The van der Waals surface area contributed by atoms with Crippen LogP contribution in [0.5, 0.6) is 0 Å². The molecule has 1 aromatic carbocycles. The van der Waals surface area contributed by atoms with Crippen molar-refractivity contribution in [1.82, 2.24) is 4.90 Å². The largest absolute Gasteiger partial charge is 0.393 e. The first-order valence-corrected chi connectivity index (χ1v) is 10.8. The highest BCUT2D eigenvalue weighted by molar-refractivity contribution is 6.08. The van der Waals surface area contributed by atoms with Gasteiger partial charge in [0.1, 0.15) is 0 Å². The van der Waals surface area contributed by atoms with E-state index in [0.29, 0.717) is 36.9 Å². The second kappa shape index (κ2) is 6.49. The van der Waals surface area contributed by atoms with Gasteiger partial charge in [-0.15, -0.1) is 0 Å². The third-order valence-corrected chi connectivity index (χ3v) is 7.93. The fraction of sp³-hybridized carbons (Fsp3) is 0.609. The Hall–Kier alpha value is -2.53. The maximum atomic E-state index is 14.0. The summed E-state index contributed by atoms with van der Waals surface area (Å²) in [6, 6.07) is 5.38. The zero-order valence-electron chi connectivity index (χ0n) is 17.4. The number of carbonyl (C=O) groups excluding carboxylic acids is 1. The van der Waals surface area contributed by atoms with Crippen molar-refractivity contribution in [3.05, 3.63) is 40.7 Å². The molecule has 0 radical (unpaired) electrons. The first-order valence-electron chi connectivity index (χ1n) is 10.8. The van der Waals surface area contributed by atoms with Crippen LogP contribution in [0, 0.1) is 23.8 Å². The number of aliphatic hydroxyl groups excluding tert-OH is 1. The van der Waals surface area contributed by atoms with Crippen LogP contribution in [0.1, 0.15) is 50.2 Å². The zero-order valence-corrected chi connectivity index (χ0v) is 17.4. The second-order valence-corrected chi connectivity index (χ2v) is 9.92. The molecule has 4 atom stereocenters. The molecule has 2 spiro atoms. The summed E-state index contributed by atoms with van der Waals surface area (Å²) in [6.07, 6.45) is 1.47. The predicted molar refractivity (Wildman–Crippen MR) is 111 cm³/mol. The number of fused-ring (bicyclic) bond motifs is 3. The van der Waals surface area contributed by atoms with Crippen LogP contribution < -0.4 is 5.73 Å². The first-order chi connectivity index (χ1) is 14.6. The van der Waals surface area contributed by atoms with Crippen molar-refractivity contribution in [2.45, 2.75) is 63.0 Å². The summed E-state index contributed by atoms with van der Waals surface area (Å²) in [5.74, 6) is -3.19. The van der Waals surface area contributed by atoms with Gasteiger partial charge in [0, 0.05) is 24.8 Å². The number of nitrogens with two attached hydrogens (primary N) is 1. The molecular formula is C23H26F2N4O2. The molecule has 4 aliphatic rings. The molecule has 3 aliphatic carbocycles. The Labute approximate surface area is 179 Å². The Morgan fingerprint density at radius 3 is 2.74 bits per heavy atom. The third kappa shape index (κ3) is 2.75. The molecule has 3 N–H and O–H groups in total. The Morgan fingerprint density at radius 2 is 2.10 bits per heavy atom. The minimum Gasteiger partial charge on any atom is -0.393 e. The zero-order chi connectivity index (χ0) is 22.2. The lowest BCUT2D eigenvalue weighted by Gasteiger charge is -2.47. The Morgan fingerprint density at radius 1 is 1.35 bits per heavy atom. The van der Waals surface area contributed by atoms with Gasteiger partial charge in [-0.2, -0.15) is 0 Å². The topological polar surface area (TPSA) is 83.3 Å². The van der Waals surface area contributed by atoms with Crippen LogP contribution in [0.3, 0.4) is 0 Å². The lowest BCUT2D eigenvalue weighted by atomic mass is 9.59. The van der Waals surface area contributed by atoms with Crippen LogP contribution in [0.4, 0.5) is 14.5 Å². The average molecular weight is 428 g/mol. The van der Waals surface area contributed by atoms with E-state index in [-0.39, 0.29) is 43.1 Å². The van der Waals surface area contributed by atoms with Gasteiger partial charge in [-0.05, 0) is 48.6 Å². The molecule has 8 heteroatoms. The summed E-state index contributed by atoms with van der Waals surface area (Å²) in [5, 5.41) is 10.4. The van der Waals surface area contributed by atoms with Gasteiger partial charge in [0.05, 0.1) is 12.7 Å². The van der Waals surface area contributed by atoms with Gasteiger partial charge in [0.2, 0.25) is 5.92 Å². The molecule has 0 saturated heterocycles. The highest BCUT2D eigenvalue weighted by Gasteiger charge is 2.67. The highest BCUT2D eigenvalue weighted by atomic mass is 19.3. The Bertz CT molecular complexity index is 1030. The minimum absolute atomic E-state index is 0.0103. The van der Waals surface area contributed by atoms with E-state index in [1.165, 1.54) is 4.90 Å². The SMILES string of the molecule is [C-]#[N+]c1ccc2c(c1)[C@]1(N=C(N)N(CC3CC(F)(F)C3)C1=O)[C@]1(CC[C@H](O)[C@@H](C)C1)C2. The Kier molecular flexibility index (Phi) is 4.26. The van der Waals surface area contributed by atoms with Crippen molar-refractivity contribution in [3.63, 3.8) is 0 Å². The number of rotatable bonds is 2. The van der Waals surface area contributed by atoms with Crippen LogP contribution in [0.2, 0.25) is 0 Å². The van der Waals surface area contributed by atoms with Gasteiger partial charge in [0.25, 0.3) is 5.91 Å². The summed E-state index contributed by atoms with van der Waals surface area (Å²) in [5.41, 5.74) is 6.56. The maximum absolute atomic E-state index is 14.0. The molecule has 1 amide bonds. The molecule has 1 aliphatic heterocycles. The molecular weight excluding hydrogens is 402 g/mol. The van der Waals surface area contributed by atoms with Crippen LogP contribution in [0.25, 0.3) is 4.85 Å². The van der Waals surface area contributed by atoms with E-state index in [2.05, 4.69) is 4.85 Å². The molecule has 1 heterocycles. The standard InChI is InChI=1S/C23H26F2N4O2/c1-13-8-21(6-5-18(13)30)11-15-3-4-16(27-2)7-17(15)23(21)19(31)29(20(26)28-23)12-14-9-22(24,25)10-14/h3-4,7,13-14,18,30H,5-6,8-12H2,1H3,(H2,26,28)/t13-,18-,21-,23+/m0/s1. The molecule has 6 nitrogen and oxygen atoms in total. The number of carbonyl (C=O) groups is 1. The fourth-order valence-corrected chi connectivity index (χ4v) is 6.40. The normalized spacial score (nSPS) is 36.4. The molecule has 1 aromatic rings. The van der Waals surface area contributed by atoms with E-state index in [4.69, 9.17) is 17.3 Å². The van der Waals surface area contributed by atoms with Gasteiger partial charge in [0.15, 0.2) is 17.2 Å². The summed E-state index contributed by atoms with van der Waals surface area (Å²) in [4.78, 5) is 23.7. The van der Waals surface area contributed by atoms with Gasteiger partial charge >= 0.3 is 0 Å². The number of guanidine groups is 1. The van der Waals surface area contributed by atoms with E-state index in [0.717, 1.165) is 5.56 Å². The number of amides is 1. The van der Waals surface area contributed by atoms with Crippen LogP contribution in [-0.4, -0.2) is 40.4 Å². The number of halogens is 2. The van der Waals surface area contributed by atoms with Crippen molar-refractivity contribution in [1.29, 1.82) is 0 Å². The monoisotopic (exact) mass is 428 g/mol. The lowest BCUT2D eigenvalue weighted by Crippen LogP contribution is -2.55. The lowest BCUT2D eigenvalue weighted by molar-refractivity contribution is -0.144. The van der Waals surface area contributed by atoms with E-state index >= 15 is 0 Å². The molecule has 2 saturated carbocycles. The minimum atomic E-state index is -2.67. The van der Waals surface area contributed by atoms with Crippen molar-refractivity contribution in [2.24, 2.45) is 28.0 Å². The Balaban J connectivity index is 1.59. The molecule has 31 heavy (non-hydrogen) atoms. The van der Waals surface area contributed by atoms with Crippen LogP contribution >= 0.6 is 0 Å². The molecule has 0 aromatic heterocycles. The molecule has 0 bridgehead atoms. The number of hydrogen-bond donors (Lipinski definition) is 2. The number of aliphatic imine (C=N–C) groups is 1.